The van der Waals surface area contributed by atoms with Gasteiger partial charge in [-0.1, -0.05) is 29.8 Å². The average molecular weight is 405 g/mol. The summed E-state index contributed by atoms with van der Waals surface area (Å²) in [7, 11) is 0. The first-order valence-electron chi connectivity index (χ1n) is 9.93. The second kappa shape index (κ2) is 10.8. The van der Waals surface area contributed by atoms with Gasteiger partial charge in [-0.05, 0) is 50.1 Å². The molecule has 28 heavy (non-hydrogen) atoms. The molecule has 0 amide bonds. The summed E-state index contributed by atoms with van der Waals surface area (Å²) in [5, 5.41) is 0.509. The van der Waals surface area contributed by atoms with Crippen molar-refractivity contribution in [1.29, 1.82) is 0 Å². The Morgan fingerprint density at radius 2 is 2.04 bits per heavy atom. The van der Waals surface area contributed by atoms with Crippen molar-refractivity contribution in [3.05, 3.63) is 58.9 Å². The molecule has 1 aliphatic rings. The van der Waals surface area contributed by atoms with Crippen LogP contribution in [-0.2, 0) is 15.9 Å². The molecule has 1 aromatic heterocycles. The molecule has 0 bridgehead atoms. The molecule has 2 atom stereocenters. The Kier molecular flexibility index (Phi) is 8.10. The fraction of sp³-hybridized carbons (Fsp3) is 0.500. The summed E-state index contributed by atoms with van der Waals surface area (Å²) in [6.07, 6.45) is 0.950. The van der Waals surface area contributed by atoms with Gasteiger partial charge in [0.25, 0.3) is 0 Å². The fourth-order valence-electron chi connectivity index (χ4n) is 3.41. The molecule has 0 N–H and O–H groups in total. The Morgan fingerprint density at radius 3 is 2.79 bits per heavy atom. The Hall–Kier alpha value is -1.66. The van der Waals surface area contributed by atoms with E-state index in [0.29, 0.717) is 31.0 Å². The summed E-state index contributed by atoms with van der Waals surface area (Å²) in [6, 6.07) is 14.5. The number of halogens is 1. The van der Waals surface area contributed by atoms with Crippen molar-refractivity contribution in [1.82, 2.24) is 9.88 Å². The van der Waals surface area contributed by atoms with Crippen LogP contribution in [0.15, 0.2) is 42.5 Å². The van der Waals surface area contributed by atoms with Gasteiger partial charge >= 0.3 is 0 Å². The molecule has 1 aliphatic heterocycles. The molecule has 1 saturated heterocycles. The predicted molar refractivity (Wildman–Crippen MR) is 111 cm³/mol. The summed E-state index contributed by atoms with van der Waals surface area (Å²) in [6.45, 7) is 8.62. The molecule has 0 aliphatic carbocycles. The summed E-state index contributed by atoms with van der Waals surface area (Å²) in [4.78, 5) is 6.87. The lowest BCUT2D eigenvalue weighted by atomic mass is 10.0. The van der Waals surface area contributed by atoms with Gasteiger partial charge in [0.05, 0.1) is 18.9 Å². The van der Waals surface area contributed by atoms with Crippen molar-refractivity contribution >= 4 is 11.6 Å². The monoisotopic (exact) mass is 404 g/mol. The number of benzene rings is 1. The zero-order valence-corrected chi connectivity index (χ0v) is 17.4. The molecule has 5 nitrogen and oxygen atoms in total. The van der Waals surface area contributed by atoms with Crippen LogP contribution in [0.2, 0.25) is 5.15 Å². The summed E-state index contributed by atoms with van der Waals surface area (Å²) in [5.74, 6) is 0.884. The Morgan fingerprint density at radius 1 is 1.21 bits per heavy atom. The molecular weight excluding hydrogens is 376 g/mol. The molecule has 1 aromatic carbocycles. The minimum Gasteiger partial charge on any atom is -0.491 e. The maximum absolute atomic E-state index is 6.03. The predicted octanol–water partition coefficient (Wildman–Crippen LogP) is 4.15. The van der Waals surface area contributed by atoms with Crippen molar-refractivity contribution in [2.24, 2.45) is 0 Å². The minimum absolute atomic E-state index is 0.0315. The first-order chi connectivity index (χ1) is 13.7. The number of hydrogen-bond donors (Lipinski definition) is 0. The van der Waals surface area contributed by atoms with E-state index in [9.17, 15) is 0 Å². The van der Waals surface area contributed by atoms with E-state index < -0.39 is 0 Å². The number of aromatic nitrogens is 1. The van der Waals surface area contributed by atoms with E-state index in [-0.39, 0.29) is 6.10 Å². The Labute approximate surface area is 172 Å². The molecule has 0 radical (unpaired) electrons. The van der Waals surface area contributed by atoms with E-state index in [1.165, 1.54) is 5.56 Å². The number of pyridine rings is 1. The van der Waals surface area contributed by atoms with Gasteiger partial charge < -0.3 is 14.2 Å². The quantitative estimate of drug-likeness (QED) is 0.464. The summed E-state index contributed by atoms with van der Waals surface area (Å²) < 4.78 is 16.9. The smallest absolute Gasteiger partial charge is 0.129 e. The fourth-order valence-corrected chi connectivity index (χ4v) is 3.58. The van der Waals surface area contributed by atoms with Gasteiger partial charge in [-0.15, -0.1) is 0 Å². The lowest BCUT2D eigenvalue weighted by Crippen LogP contribution is -2.44. The maximum Gasteiger partial charge on any atom is 0.129 e. The number of rotatable bonds is 9. The molecule has 1 fully saturated rings. The lowest BCUT2D eigenvalue weighted by Gasteiger charge is -2.36. The van der Waals surface area contributed by atoms with Crippen LogP contribution in [0.5, 0.6) is 5.75 Å². The van der Waals surface area contributed by atoms with Crippen LogP contribution < -0.4 is 4.74 Å². The van der Waals surface area contributed by atoms with Crippen molar-refractivity contribution in [2.45, 2.75) is 32.4 Å². The third kappa shape index (κ3) is 6.17. The second-order valence-electron chi connectivity index (χ2n) is 6.98. The van der Waals surface area contributed by atoms with E-state index in [0.717, 1.165) is 37.6 Å². The molecule has 2 heterocycles. The van der Waals surface area contributed by atoms with Gasteiger partial charge in [-0.25, -0.2) is 4.98 Å². The Bertz CT molecular complexity index is 726. The molecular formula is C22H29ClN2O3. The highest BCUT2D eigenvalue weighted by atomic mass is 35.5. The standard InChI is InChI=1S/C22H29ClN2O3/c1-3-26-13-14-27-19-9-7-18(8-10-19)15-17(2)25-11-12-28-21(16-25)20-5-4-6-22(23)24-20/h4-10,17,21H,3,11-16H2,1-2H3. The summed E-state index contributed by atoms with van der Waals surface area (Å²) >= 11 is 6.03. The molecule has 2 aromatic rings. The van der Waals surface area contributed by atoms with E-state index in [1.807, 2.05) is 31.2 Å². The molecule has 3 rings (SSSR count). The first-order valence-corrected chi connectivity index (χ1v) is 10.3. The highest BCUT2D eigenvalue weighted by Gasteiger charge is 2.26. The van der Waals surface area contributed by atoms with Crippen LogP contribution in [0, 0.1) is 0 Å². The van der Waals surface area contributed by atoms with Crippen molar-refractivity contribution in [3.63, 3.8) is 0 Å². The number of ether oxygens (including phenoxy) is 3. The van der Waals surface area contributed by atoms with Crippen LogP contribution >= 0.6 is 11.6 Å². The third-order valence-electron chi connectivity index (χ3n) is 4.94. The zero-order valence-electron chi connectivity index (χ0n) is 16.6. The van der Waals surface area contributed by atoms with E-state index in [4.69, 9.17) is 25.8 Å². The molecule has 6 heteroatoms. The average Bonchev–Trinajstić information content (AvgIpc) is 2.72. The minimum atomic E-state index is -0.0315. The van der Waals surface area contributed by atoms with Gasteiger partial charge in [0.2, 0.25) is 0 Å². The van der Waals surface area contributed by atoms with Gasteiger partial charge in [0, 0.05) is 25.7 Å². The SMILES string of the molecule is CCOCCOc1ccc(CC(C)N2CCOC(c3cccc(Cl)n3)C2)cc1. The van der Waals surface area contributed by atoms with Gasteiger partial charge in [0.15, 0.2) is 0 Å². The number of morpholine rings is 1. The van der Waals surface area contributed by atoms with E-state index in [1.54, 1.807) is 6.07 Å². The molecule has 2 unspecified atom stereocenters. The number of nitrogens with zero attached hydrogens (tertiary/aromatic N) is 2. The highest BCUT2D eigenvalue weighted by Crippen LogP contribution is 2.24. The first kappa shape index (κ1) is 21.1. The largest absolute Gasteiger partial charge is 0.491 e. The van der Waals surface area contributed by atoms with Crippen LogP contribution in [0.3, 0.4) is 0 Å². The van der Waals surface area contributed by atoms with Crippen molar-refractivity contribution in [2.75, 3.05) is 39.5 Å². The van der Waals surface area contributed by atoms with Crippen molar-refractivity contribution < 1.29 is 14.2 Å². The van der Waals surface area contributed by atoms with Crippen LogP contribution in [0.25, 0.3) is 0 Å². The molecule has 0 spiro atoms. The number of hydrogen-bond acceptors (Lipinski definition) is 5. The van der Waals surface area contributed by atoms with Crippen molar-refractivity contribution in [3.8, 4) is 5.75 Å². The van der Waals surface area contributed by atoms with Crippen LogP contribution in [0.4, 0.5) is 0 Å². The lowest BCUT2D eigenvalue weighted by molar-refractivity contribution is -0.0444. The summed E-state index contributed by atoms with van der Waals surface area (Å²) in [5.41, 5.74) is 2.20. The highest BCUT2D eigenvalue weighted by molar-refractivity contribution is 6.29. The zero-order chi connectivity index (χ0) is 19.8. The van der Waals surface area contributed by atoms with Crippen LogP contribution in [-0.4, -0.2) is 55.4 Å². The Balaban J connectivity index is 1.51. The van der Waals surface area contributed by atoms with E-state index in [2.05, 4.69) is 28.9 Å². The van der Waals surface area contributed by atoms with Gasteiger partial charge in [-0.2, -0.15) is 0 Å². The normalized spacial score (nSPS) is 18.8. The molecule has 152 valence electrons. The van der Waals surface area contributed by atoms with E-state index >= 15 is 0 Å². The topological polar surface area (TPSA) is 43.8 Å². The van der Waals surface area contributed by atoms with Gasteiger partial charge in [-0.3, -0.25) is 4.90 Å². The van der Waals surface area contributed by atoms with Gasteiger partial charge in [0.1, 0.15) is 23.6 Å². The third-order valence-corrected chi connectivity index (χ3v) is 5.15. The van der Waals surface area contributed by atoms with Crippen LogP contribution in [0.1, 0.15) is 31.2 Å². The second-order valence-corrected chi connectivity index (χ2v) is 7.37. The maximum atomic E-state index is 6.03. The molecule has 0 saturated carbocycles.